The van der Waals surface area contributed by atoms with Gasteiger partial charge in [0.2, 0.25) is 5.95 Å². The van der Waals surface area contributed by atoms with E-state index in [1.54, 1.807) is 7.11 Å². The standard InChI is InChI=1S/C21H24N6O2S/c1-29-9-8-23-21-26-16(11-22)18(20-25-15-4-2-3-5-17(15)30-20)19(27-21)24-14-7-6-13(10-14)12-28/h2-5,13-14,28H,6-10,12H2,1H3,(H2,23,24,26,27). The Morgan fingerprint density at radius 1 is 1.27 bits per heavy atom. The molecule has 2 atom stereocenters. The Bertz CT molecular complexity index is 1030. The van der Waals surface area contributed by atoms with E-state index in [0.717, 1.165) is 34.5 Å². The molecule has 1 aromatic carbocycles. The number of ether oxygens (including phenoxy) is 1. The fraction of sp³-hybridized carbons (Fsp3) is 0.429. The molecule has 0 amide bonds. The van der Waals surface area contributed by atoms with Gasteiger partial charge in [0.05, 0.1) is 22.4 Å². The molecule has 4 rings (SSSR count). The summed E-state index contributed by atoms with van der Waals surface area (Å²) < 4.78 is 6.13. The van der Waals surface area contributed by atoms with Gasteiger partial charge in [0.1, 0.15) is 16.9 Å². The van der Waals surface area contributed by atoms with Gasteiger partial charge in [0.15, 0.2) is 5.69 Å². The van der Waals surface area contributed by atoms with Crippen molar-refractivity contribution in [2.45, 2.75) is 25.3 Å². The minimum atomic E-state index is 0.184. The molecule has 0 aliphatic heterocycles. The van der Waals surface area contributed by atoms with Crippen LogP contribution in [0.1, 0.15) is 25.0 Å². The number of hydrogen-bond acceptors (Lipinski definition) is 9. The fourth-order valence-corrected chi connectivity index (χ4v) is 4.75. The molecule has 3 N–H and O–H groups in total. The van der Waals surface area contributed by atoms with E-state index in [-0.39, 0.29) is 18.3 Å². The number of nitrogens with zero attached hydrogens (tertiary/aromatic N) is 4. The number of aliphatic hydroxyl groups is 1. The fourth-order valence-electron chi connectivity index (χ4n) is 3.74. The van der Waals surface area contributed by atoms with E-state index in [0.29, 0.717) is 36.4 Å². The minimum absolute atomic E-state index is 0.184. The highest BCUT2D eigenvalue weighted by Crippen LogP contribution is 2.37. The molecule has 0 spiro atoms. The lowest BCUT2D eigenvalue weighted by molar-refractivity contribution is 0.210. The van der Waals surface area contributed by atoms with Gasteiger partial charge in [-0.1, -0.05) is 12.1 Å². The first kappa shape index (κ1) is 20.5. The molecule has 156 valence electrons. The van der Waals surface area contributed by atoms with Crippen LogP contribution in [0.2, 0.25) is 0 Å². The molecule has 0 saturated heterocycles. The second-order valence-electron chi connectivity index (χ2n) is 7.34. The summed E-state index contributed by atoms with van der Waals surface area (Å²) in [7, 11) is 1.63. The van der Waals surface area contributed by atoms with Crippen molar-refractivity contribution >= 4 is 33.3 Å². The predicted octanol–water partition coefficient (Wildman–Crippen LogP) is 3.26. The summed E-state index contributed by atoms with van der Waals surface area (Å²) >= 11 is 1.52. The summed E-state index contributed by atoms with van der Waals surface area (Å²) in [6.07, 6.45) is 2.79. The second-order valence-corrected chi connectivity index (χ2v) is 8.37. The van der Waals surface area contributed by atoms with Crippen LogP contribution in [0.5, 0.6) is 0 Å². The lowest BCUT2D eigenvalue weighted by atomic mass is 10.1. The Morgan fingerprint density at radius 2 is 2.13 bits per heavy atom. The Balaban J connectivity index is 1.74. The van der Waals surface area contributed by atoms with Crippen LogP contribution in [0.25, 0.3) is 20.8 Å². The van der Waals surface area contributed by atoms with Gasteiger partial charge in [-0.15, -0.1) is 11.3 Å². The number of rotatable bonds is 8. The quantitative estimate of drug-likeness (QED) is 0.472. The van der Waals surface area contributed by atoms with Gasteiger partial charge in [-0.25, -0.2) is 9.97 Å². The van der Waals surface area contributed by atoms with Crippen molar-refractivity contribution in [2.75, 3.05) is 37.5 Å². The number of para-hydroxylation sites is 1. The SMILES string of the molecule is COCCNc1nc(C#N)c(-c2nc3ccccc3s2)c(NC2CCC(CO)C2)n1. The van der Waals surface area contributed by atoms with E-state index >= 15 is 0 Å². The van der Waals surface area contributed by atoms with Crippen LogP contribution in [-0.2, 0) is 4.74 Å². The van der Waals surface area contributed by atoms with E-state index in [9.17, 15) is 10.4 Å². The Labute approximate surface area is 179 Å². The van der Waals surface area contributed by atoms with Crippen molar-refractivity contribution < 1.29 is 9.84 Å². The first-order chi connectivity index (χ1) is 14.7. The Morgan fingerprint density at radius 3 is 2.87 bits per heavy atom. The van der Waals surface area contributed by atoms with Gasteiger partial charge in [-0.2, -0.15) is 10.2 Å². The first-order valence-electron chi connectivity index (χ1n) is 10.00. The van der Waals surface area contributed by atoms with Crippen molar-refractivity contribution in [2.24, 2.45) is 5.92 Å². The van der Waals surface area contributed by atoms with Crippen LogP contribution in [-0.4, -0.2) is 53.0 Å². The van der Waals surface area contributed by atoms with Gasteiger partial charge in [0, 0.05) is 26.3 Å². The van der Waals surface area contributed by atoms with Crippen LogP contribution < -0.4 is 10.6 Å². The number of anilines is 2. The maximum Gasteiger partial charge on any atom is 0.226 e. The van der Waals surface area contributed by atoms with Crippen molar-refractivity contribution in [1.29, 1.82) is 5.26 Å². The summed E-state index contributed by atoms with van der Waals surface area (Å²) in [6.45, 7) is 1.24. The van der Waals surface area contributed by atoms with E-state index in [2.05, 4.69) is 26.7 Å². The smallest absolute Gasteiger partial charge is 0.226 e. The van der Waals surface area contributed by atoms with E-state index in [1.165, 1.54) is 11.3 Å². The van der Waals surface area contributed by atoms with Gasteiger partial charge >= 0.3 is 0 Å². The summed E-state index contributed by atoms with van der Waals surface area (Å²) in [4.78, 5) is 13.8. The number of nitrogens with one attached hydrogen (secondary N) is 2. The molecule has 1 aliphatic rings. The highest BCUT2D eigenvalue weighted by Gasteiger charge is 2.27. The van der Waals surface area contributed by atoms with Crippen LogP contribution in [0, 0.1) is 17.2 Å². The normalized spacial score (nSPS) is 18.4. The molecule has 2 unspecified atom stereocenters. The monoisotopic (exact) mass is 424 g/mol. The van der Waals surface area contributed by atoms with Crippen LogP contribution in [0.4, 0.5) is 11.8 Å². The van der Waals surface area contributed by atoms with Gasteiger partial charge in [0.25, 0.3) is 0 Å². The first-order valence-corrected chi connectivity index (χ1v) is 10.8. The highest BCUT2D eigenvalue weighted by molar-refractivity contribution is 7.21. The average Bonchev–Trinajstić information content (AvgIpc) is 3.40. The van der Waals surface area contributed by atoms with Crippen LogP contribution >= 0.6 is 11.3 Å². The van der Waals surface area contributed by atoms with Crippen molar-refractivity contribution in [3.63, 3.8) is 0 Å². The van der Waals surface area contributed by atoms with Crippen molar-refractivity contribution in [3.05, 3.63) is 30.0 Å². The number of benzene rings is 1. The zero-order valence-electron chi connectivity index (χ0n) is 16.8. The molecule has 1 fully saturated rings. The van der Waals surface area contributed by atoms with Crippen LogP contribution in [0.15, 0.2) is 24.3 Å². The summed E-state index contributed by atoms with van der Waals surface area (Å²) in [5.74, 6) is 1.28. The second kappa shape index (κ2) is 9.34. The minimum Gasteiger partial charge on any atom is -0.396 e. The largest absolute Gasteiger partial charge is 0.396 e. The van der Waals surface area contributed by atoms with Gasteiger partial charge in [-0.05, 0) is 37.3 Å². The number of hydrogen-bond donors (Lipinski definition) is 3. The highest BCUT2D eigenvalue weighted by atomic mass is 32.1. The lowest BCUT2D eigenvalue weighted by Gasteiger charge is -2.17. The predicted molar refractivity (Wildman–Crippen MR) is 118 cm³/mol. The number of aliphatic hydroxyl groups excluding tert-OH is 1. The Hall–Kier alpha value is -2.80. The molecule has 1 aliphatic carbocycles. The summed E-state index contributed by atoms with van der Waals surface area (Å²) in [5, 5.41) is 26.7. The zero-order chi connectivity index (χ0) is 20.9. The summed E-state index contributed by atoms with van der Waals surface area (Å²) in [5.41, 5.74) is 1.79. The molecule has 9 heteroatoms. The molecule has 2 aromatic heterocycles. The number of nitriles is 1. The number of aromatic nitrogens is 3. The van der Waals surface area contributed by atoms with Crippen LogP contribution in [0.3, 0.4) is 0 Å². The van der Waals surface area contributed by atoms with Gasteiger partial charge < -0.3 is 20.5 Å². The molecular formula is C21H24N6O2S. The molecule has 3 aromatic rings. The molecule has 2 heterocycles. The maximum atomic E-state index is 9.84. The third-order valence-corrected chi connectivity index (χ3v) is 6.31. The molecule has 8 nitrogen and oxygen atoms in total. The van der Waals surface area contributed by atoms with E-state index in [4.69, 9.17) is 9.72 Å². The molecule has 0 radical (unpaired) electrons. The topological polar surface area (TPSA) is 116 Å². The maximum absolute atomic E-state index is 9.84. The lowest BCUT2D eigenvalue weighted by Crippen LogP contribution is -2.20. The van der Waals surface area contributed by atoms with Crippen molar-refractivity contribution in [3.8, 4) is 16.6 Å². The third kappa shape index (κ3) is 4.36. The molecule has 30 heavy (non-hydrogen) atoms. The zero-order valence-corrected chi connectivity index (χ0v) is 17.6. The van der Waals surface area contributed by atoms with Crippen molar-refractivity contribution in [1.82, 2.24) is 15.0 Å². The van der Waals surface area contributed by atoms with E-state index in [1.807, 2.05) is 24.3 Å². The van der Waals surface area contributed by atoms with Gasteiger partial charge in [-0.3, -0.25) is 0 Å². The third-order valence-electron chi connectivity index (χ3n) is 5.25. The molecule has 0 bridgehead atoms. The summed E-state index contributed by atoms with van der Waals surface area (Å²) in [6, 6.07) is 10.3. The van der Waals surface area contributed by atoms with E-state index < -0.39 is 0 Å². The number of methoxy groups -OCH3 is 1. The molecular weight excluding hydrogens is 400 g/mol. The number of fused-ring (bicyclic) bond motifs is 1. The number of thiazole rings is 1. The molecule has 1 saturated carbocycles. The average molecular weight is 425 g/mol. The Kier molecular flexibility index (Phi) is 6.38.